The molecule has 2 aromatic rings. The molecule has 2 rings (SSSR count). The van der Waals surface area contributed by atoms with Crippen LogP contribution < -0.4 is 0 Å². The Labute approximate surface area is 99.3 Å². The summed E-state index contributed by atoms with van der Waals surface area (Å²) in [7, 11) is 0. The minimum atomic E-state index is -0.0380. The molecule has 0 aromatic carbocycles. The van der Waals surface area contributed by atoms with Gasteiger partial charge in [0.25, 0.3) is 5.95 Å². The van der Waals surface area contributed by atoms with E-state index in [1.165, 1.54) is 0 Å². The summed E-state index contributed by atoms with van der Waals surface area (Å²) in [6.45, 7) is 6.26. The third kappa shape index (κ3) is 2.07. The monoisotopic (exact) mass is 236 g/mol. The number of rotatable bonds is 1. The van der Waals surface area contributed by atoms with E-state index in [0.717, 1.165) is 5.69 Å². The van der Waals surface area contributed by atoms with Crippen molar-refractivity contribution in [3.05, 3.63) is 35.4 Å². The maximum atomic E-state index is 6.11. The quantitative estimate of drug-likeness (QED) is 0.765. The van der Waals surface area contributed by atoms with E-state index < -0.39 is 0 Å². The first kappa shape index (κ1) is 11.1. The Hall–Kier alpha value is -1.42. The summed E-state index contributed by atoms with van der Waals surface area (Å²) in [5, 5.41) is 4.94. The summed E-state index contributed by atoms with van der Waals surface area (Å²) in [6.07, 6.45) is 3.33. The van der Waals surface area contributed by atoms with Crippen molar-refractivity contribution in [2.45, 2.75) is 26.2 Å². The Bertz CT molecular complexity index is 484. The van der Waals surface area contributed by atoms with Crippen LogP contribution in [0.4, 0.5) is 0 Å². The molecule has 0 unspecified atom stereocenters. The summed E-state index contributed by atoms with van der Waals surface area (Å²) in [6, 6.07) is 3.60. The lowest BCUT2D eigenvalue weighted by molar-refractivity contribution is 0.558. The average Bonchev–Trinajstić information content (AvgIpc) is 2.61. The molecule has 0 aliphatic rings. The minimum Gasteiger partial charge on any atom is -0.220 e. The Balaban J connectivity index is 2.48. The van der Waals surface area contributed by atoms with Crippen molar-refractivity contribution in [1.29, 1.82) is 0 Å². The van der Waals surface area contributed by atoms with Crippen molar-refractivity contribution in [2.24, 2.45) is 0 Å². The number of halogens is 1. The maximum Gasteiger partial charge on any atom is 0.251 e. The zero-order valence-electron chi connectivity index (χ0n) is 9.48. The summed E-state index contributed by atoms with van der Waals surface area (Å²) in [5.74, 6) is 0.489. The average molecular weight is 237 g/mol. The van der Waals surface area contributed by atoms with E-state index in [9.17, 15) is 0 Å². The second-order valence-corrected chi connectivity index (χ2v) is 4.95. The molecule has 0 atom stereocenters. The van der Waals surface area contributed by atoms with E-state index in [4.69, 9.17) is 11.6 Å². The standard InChI is InChI=1S/C11H13ClN4/c1-11(2,3)8-7-9(12)16(15-8)10-13-5-4-6-14-10/h4-7H,1-3H3. The highest BCUT2D eigenvalue weighted by atomic mass is 35.5. The Morgan fingerprint density at radius 3 is 2.31 bits per heavy atom. The van der Waals surface area contributed by atoms with E-state index in [-0.39, 0.29) is 5.41 Å². The third-order valence-corrected chi connectivity index (χ3v) is 2.45. The van der Waals surface area contributed by atoms with Crippen molar-refractivity contribution in [3.8, 4) is 5.95 Å². The van der Waals surface area contributed by atoms with Gasteiger partial charge in [0.05, 0.1) is 5.69 Å². The maximum absolute atomic E-state index is 6.11. The van der Waals surface area contributed by atoms with Crippen molar-refractivity contribution < 1.29 is 0 Å². The largest absolute Gasteiger partial charge is 0.251 e. The molecule has 0 aliphatic heterocycles. The Morgan fingerprint density at radius 1 is 1.19 bits per heavy atom. The third-order valence-electron chi connectivity index (χ3n) is 2.18. The van der Waals surface area contributed by atoms with Gasteiger partial charge in [0.1, 0.15) is 5.15 Å². The molecule has 84 valence electrons. The van der Waals surface area contributed by atoms with E-state index >= 15 is 0 Å². The SMILES string of the molecule is CC(C)(C)c1cc(Cl)n(-c2ncccn2)n1. The highest BCUT2D eigenvalue weighted by Crippen LogP contribution is 2.24. The van der Waals surface area contributed by atoms with Crippen molar-refractivity contribution in [2.75, 3.05) is 0 Å². The van der Waals surface area contributed by atoms with E-state index in [1.807, 2.05) is 6.07 Å². The number of hydrogen-bond acceptors (Lipinski definition) is 3. The first-order chi connectivity index (χ1) is 7.48. The molecule has 0 aliphatic carbocycles. The highest BCUT2D eigenvalue weighted by molar-refractivity contribution is 6.29. The zero-order chi connectivity index (χ0) is 11.8. The topological polar surface area (TPSA) is 43.6 Å². The van der Waals surface area contributed by atoms with Gasteiger partial charge in [-0.2, -0.15) is 9.78 Å². The van der Waals surface area contributed by atoms with Crippen molar-refractivity contribution in [1.82, 2.24) is 19.7 Å². The van der Waals surface area contributed by atoms with Crippen LogP contribution in [0, 0.1) is 0 Å². The van der Waals surface area contributed by atoms with Crippen LogP contribution in [0.15, 0.2) is 24.5 Å². The van der Waals surface area contributed by atoms with E-state index in [2.05, 4.69) is 35.8 Å². The summed E-state index contributed by atoms with van der Waals surface area (Å²) < 4.78 is 1.54. The van der Waals surface area contributed by atoms with Gasteiger partial charge >= 0.3 is 0 Å². The molecule has 2 aromatic heterocycles. The fraction of sp³-hybridized carbons (Fsp3) is 0.364. The van der Waals surface area contributed by atoms with Gasteiger partial charge < -0.3 is 0 Å². The van der Waals surface area contributed by atoms with Gasteiger partial charge in [-0.05, 0) is 12.1 Å². The van der Waals surface area contributed by atoms with Gasteiger partial charge in [-0.15, -0.1) is 0 Å². The van der Waals surface area contributed by atoms with Crippen LogP contribution in [-0.2, 0) is 5.41 Å². The molecule has 4 nitrogen and oxygen atoms in total. The fourth-order valence-corrected chi connectivity index (χ4v) is 1.48. The van der Waals surface area contributed by atoms with Gasteiger partial charge in [0.15, 0.2) is 0 Å². The normalized spacial score (nSPS) is 11.8. The molecule has 0 N–H and O–H groups in total. The summed E-state index contributed by atoms with van der Waals surface area (Å²) >= 11 is 6.11. The van der Waals surface area contributed by atoms with Gasteiger partial charge in [-0.25, -0.2) is 9.97 Å². The summed E-state index contributed by atoms with van der Waals surface area (Å²) in [5.41, 5.74) is 0.883. The molecule has 2 heterocycles. The van der Waals surface area contributed by atoms with Gasteiger partial charge in [-0.3, -0.25) is 0 Å². The van der Waals surface area contributed by atoms with Crippen LogP contribution in [0.2, 0.25) is 5.15 Å². The van der Waals surface area contributed by atoms with Crippen LogP contribution in [0.3, 0.4) is 0 Å². The first-order valence-corrected chi connectivity index (χ1v) is 5.40. The number of aromatic nitrogens is 4. The van der Waals surface area contributed by atoms with Gasteiger partial charge in [0, 0.05) is 17.8 Å². The van der Waals surface area contributed by atoms with Gasteiger partial charge in [-0.1, -0.05) is 32.4 Å². The van der Waals surface area contributed by atoms with Crippen LogP contribution in [0.1, 0.15) is 26.5 Å². The lowest BCUT2D eigenvalue weighted by Crippen LogP contribution is -2.13. The molecule has 0 saturated heterocycles. The molecular formula is C11H13ClN4. The van der Waals surface area contributed by atoms with Crippen LogP contribution >= 0.6 is 11.6 Å². The Kier molecular flexibility index (Phi) is 2.68. The second kappa shape index (κ2) is 3.87. The predicted molar refractivity (Wildman–Crippen MR) is 62.9 cm³/mol. The molecule has 16 heavy (non-hydrogen) atoms. The minimum absolute atomic E-state index is 0.0380. The molecule has 0 fully saturated rings. The zero-order valence-corrected chi connectivity index (χ0v) is 10.2. The smallest absolute Gasteiger partial charge is 0.220 e. The molecule has 0 radical (unpaired) electrons. The predicted octanol–water partition coefficient (Wildman–Crippen LogP) is 2.61. The second-order valence-electron chi connectivity index (χ2n) is 4.56. The van der Waals surface area contributed by atoms with Crippen molar-refractivity contribution in [3.63, 3.8) is 0 Å². The number of hydrogen-bond donors (Lipinski definition) is 0. The molecule has 0 bridgehead atoms. The fourth-order valence-electron chi connectivity index (χ4n) is 1.27. The van der Waals surface area contributed by atoms with Crippen LogP contribution in [0.5, 0.6) is 0 Å². The molecule has 0 spiro atoms. The van der Waals surface area contributed by atoms with E-state index in [1.54, 1.807) is 23.1 Å². The molecular weight excluding hydrogens is 224 g/mol. The first-order valence-electron chi connectivity index (χ1n) is 5.02. The molecule has 5 heteroatoms. The Morgan fingerprint density at radius 2 is 1.81 bits per heavy atom. The lowest BCUT2D eigenvalue weighted by Gasteiger charge is -2.13. The lowest BCUT2D eigenvalue weighted by atomic mass is 9.93. The summed E-state index contributed by atoms with van der Waals surface area (Å²) in [4.78, 5) is 8.22. The molecule has 0 saturated carbocycles. The molecule has 0 amide bonds. The van der Waals surface area contributed by atoms with Gasteiger partial charge in [0.2, 0.25) is 0 Å². The van der Waals surface area contributed by atoms with Crippen molar-refractivity contribution >= 4 is 11.6 Å². The number of nitrogens with zero attached hydrogens (tertiary/aromatic N) is 4. The highest BCUT2D eigenvalue weighted by Gasteiger charge is 2.20. The van der Waals surface area contributed by atoms with Crippen LogP contribution in [-0.4, -0.2) is 19.7 Å². The van der Waals surface area contributed by atoms with Crippen LogP contribution in [0.25, 0.3) is 5.95 Å². The van der Waals surface area contributed by atoms with E-state index in [0.29, 0.717) is 11.1 Å².